The van der Waals surface area contributed by atoms with Gasteiger partial charge in [0.05, 0.1) is 18.4 Å². The molecule has 7 nitrogen and oxygen atoms in total. The Morgan fingerprint density at radius 2 is 1.55 bits per heavy atom. The molecule has 154 valence electrons. The van der Waals surface area contributed by atoms with Crippen LogP contribution in [0.5, 0.6) is 0 Å². The molecule has 29 heavy (non-hydrogen) atoms. The van der Waals surface area contributed by atoms with Gasteiger partial charge in [0, 0.05) is 24.5 Å². The molecule has 0 unspecified atom stereocenters. The Balaban J connectivity index is 2.01. The average molecular weight is 397 g/mol. The van der Waals surface area contributed by atoms with Gasteiger partial charge in [-0.2, -0.15) is 0 Å². The van der Waals surface area contributed by atoms with E-state index >= 15 is 0 Å². The van der Waals surface area contributed by atoms with Crippen molar-refractivity contribution >= 4 is 34.8 Å². The number of ether oxygens (including phenoxy) is 1. The molecule has 0 fully saturated rings. The number of anilines is 3. The molecule has 0 saturated heterocycles. The van der Waals surface area contributed by atoms with Crippen molar-refractivity contribution in [3.8, 4) is 0 Å². The van der Waals surface area contributed by atoms with Crippen molar-refractivity contribution in [3.05, 3.63) is 53.6 Å². The number of esters is 1. The summed E-state index contributed by atoms with van der Waals surface area (Å²) < 4.78 is 4.70. The minimum atomic E-state index is -0.561. The Hall–Kier alpha value is -3.35. The molecule has 0 saturated carbocycles. The smallest absolute Gasteiger partial charge is 0.339 e. The van der Waals surface area contributed by atoms with Crippen LogP contribution in [0.3, 0.4) is 0 Å². The SMILES string of the molecule is CCN(CC)c1ccc(NC(=O)CC(=O)Nc2ccccc2C(=O)OC)c(C)c1. The van der Waals surface area contributed by atoms with Gasteiger partial charge in [-0.25, -0.2) is 4.79 Å². The number of nitrogens with zero attached hydrogens (tertiary/aromatic N) is 1. The van der Waals surface area contributed by atoms with Gasteiger partial charge < -0.3 is 20.3 Å². The van der Waals surface area contributed by atoms with Gasteiger partial charge >= 0.3 is 5.97 Å². The van der Waals surface area contributed by atoms with Crippen molar-refractivity contribution in [1.29, 1.82) is 0 Å². The molecule has 0 heterocycles. The molecule has 0 bridgehead atoms. The third kappa shape index (κ3) is 5.81. The van der Waals surface area contributed by atoms with Gasteiger partial charge in [0.1, 0.15) is 6.42 Å². The number of methoxy groups -OCH3 is 1. The van der Waals surface area contributed by atoms with Crippen LogP contribution in [0.4, 0.5) is 17.1 Å². The predicted molar refractivity (Wildman–Crippen MR) is 114 cm³/mol. The van der Waals surface area contributed by atoms with Crippen LogP contribution in [0.15, 0.2) is 42.5 Å². The number of aryl methyl sites for hydroxylation is 1. The van der Waals surface area contributed by atoms with E-state index in [4.69, 9.17) is 4.74 Å². The zero-order chi connectivity index (χ0) is 21.4. The number of benzene rings is 2. The highest BCUT2D eigenvalue weighted by Gasteiger charge is 2.16. The summed E-state index contributed by atoms with van der Waals surface area (Å²) >= 11 is 0. The Labute approximate surface area is 171 Å². The number of carbonyl (C=O) groups excluding carboxylic acids is 3. The lowest BCUT2D eigenvalue weighted by atomic mass is 10.1. The van der Waals surface area contributed by atoms with Crippen LogP contribution in [0.1, 0.15) is 36.2 Å². The predicted octanol–water partition coefficient (Wildman–Crippen LogP) is 3.60. The molecular weight excluding hydrogens is 370 g/mol. The van der Waals surface area contributed by atoms with Gasteiger partial charge in [0.2, 0.25) is 11.8 Å². The molecule has 0 spiro atoms. The first-order valence-corrected chi connectivity index (χ1v) is 9.52. The van der Waals surface area contributed by atoms with E-state index in [9.17, 15) is 14.4 Å². The van der Waals surface area contributed by atoms with Crippen LogP contribution < -0.4 is 15.5 Å². The number of rotatable bonds is 8. The maximum absolute atomic E-state index is 12.3. The van der Waals surface area contributed by atoms with Crippen molar-refractivity contribution < 1.29 is 19.1 Å². The standard InChI is InChI=1S/C22H27N3O4/c1-5-25(6-2)16-11-12-18(15(3)13-16)23-20(26)14-21(27)24-19-10-8-7-9-17(19)22(28)29-4/h7-13H,5-6,14H2,1-4H3,(H,23,26)(H,24,27). The first-order valence-electron chi connectivity index (χ1n) is 9.52. The van der Waals surface area contributed by atoms with Crippen LogP contribution >= 0.6 is 0 Å². The molecule has 0 atom stereocenters. The second kappa shape index (κ2) is 10.3. The molecule has 0 aliphatic rings. The summed E-state index contributed by atoms with van der Waals surface area (Å²) in [5.41, 5.74) is 3.19. The largest absolute Gasteiger partial charge is 0.465 e. The molecule has 0 aromatic heterocycles. The first kappa shape index (κ1) is 21.9. The van der Waals surface area contributed by atoms with E-state index < -0.39 is 17.8 Å². The number of nitrogens with one attached hydrogen (secondary N) is 2. The van der Waals surface area contributed by atoms with E-state index in [1.54, 1.807) is 24.3 Å². The van der Waals surface area contributed by atoms with Gasteiger partial charge in [0.15, 0.2) is 0 Å². The normalized spacial score (nSPS) is 10.2. The summed E-state index contributed by atoms with van der Waals surface area (Å²) in [7, 11) is 1.27. The molecular formula is C22H27N3O4. The van der Waals surface area contributed by atoms with Crippen LogP contribution in [-0.2, 0) is 14.3 Å². The molecule has 0 radical (unpaired) electrons. The number of carbonyl (C=O) groups is 3. The first-order chi connectivity index (χ1) is 13.9. The Morgan fingerprint density at radius 3 is 2.14 bits per heavy atom. The highest BCUT2D eigenvalue weighted by molar-refractivity contribution is 6.10. The Kier molecular flexibility index (Phi) is 7.77. The lowest BCUT2D eigenvalue weighted by molar-refractivity contribution is -0.123. The van der Waals surface area contributed by atoms with Gasteiger partial charge in [-0.15, -0.1) is 0 Å². The quantitative estimate of drug-likeness (QED) is 0.525. The molecule has 2 rings (SSSR count). The average Bonchev–Trinajstić information content (AvgIpc) is 2.70. The van der Waals surface area contributed by atoms with Gasteiger partial charge in [-0.3, -0.25) is 9.59 Å². The number of para-hydroxylation sites is 1. The molecule has 0 aliphatic heterocycles. The number of amides is 2. The third-order valence-corrected chi connectivity index (χ3v) is 4.54. The topological polar surface area (TPSA) is 87.7 Å². The Morgan fingerprint density at radius 1 is 0.931 bits per heavy atom. The van der Waals surface area contributed by atoms with E-state index in [0.29, 0.717) is 11.4 Å². The molecule has 2 N–H and O–H groups in total. The minimum Gasteiger partial charge on any atom is -0.465 e. The Bertz CT molecular complexity index is 891. The monoisotopic (exact) mass is 397 g/mol. The van der Waals surface area contributed by atoms with E-state index in [-0.39, 0.29) is 12.0 Å². The van der Waals surface area contributed by atoms with E-state index in [1.165, 1.54) is 7.11 Å². The molecule has 2 aromatic rings. The van der Waals surface area contributed by atoms with Gasteiger partial charge in [-0.05, 0) is 56.7 Å². The summed E-state index contributed by atoms with van der Waals surface area (Å²) in [5, 5.41) is 5.36. The van der Waals surface area contributed by atoms with Crippen LogP contribution in [0.2, 0.25) is 0 Å². The van der Waals surface area contributed by atoms with Crippen molar-refractivity contribution in [3.63, 3.8) is 0 Å². The second-order valence-corrected chi connectivity index (χ2v) is 6.48. The molecule has 7 heteroatoms. The molecule has 2 aromatic carbocycles. The zero-order valence-corrected chi connectivity index (χ0v) is 17.2. The lowest BCUT2D eigenvalue weighted by Gasteiger charge is -2.22. The fourth-order valence-corrected chi connectivity index (χ4v) is 2.99. The summed E-state index contributed by atoms with van der Waals surface area (Å²) in [6.07, 6.45) is -0.368. The highest BCUT2D eigenvalue weighted by Crippen LogP contribution is 2.23. The molecule has 0 aliphatic carbocycles. The van der Waals surface area contributed by atoms with Crippen LogP contribution in [0, 0.1) is 6.92 Å². The highest BCUT2D eigenvalue weighted by atomic mass is 16.5. The van der Waals surface area contributed by atoms with Crippen LogP contribution in [0.25, 0.3) is 0 Å². The third-order valence-electron chi connectivity index (χ3n) is 4.54. The summed E-state index contributed by atoms with van der Waals surface area (Å²) in [6.45, 7) is 7.88. The molecule has 2 amide bonds. The lowest BCUT2D eigenvalue weighted by Crippen LogP contribution is -2.23. The summed E-state index contributed by atoms with van der Waals surface area (Å²) in [5.74, 6) is -1.51. The summed E-state index contributed by atoms with van der Waals surface area (Å²) in [6, 6.07) is 12.3. The number of hydrogen-bond donors (Lipinski definition) is 2. The zero-order valence-electron chi connectivity index (χ0n) is 17.2. The van der Waals surface area contributed by atoms with Crippen LogP contribution in [-0.4, -0.2) is 38.0 Å². The summed E-state index contributed by atoms with van der Waals surface area (Å²) in [4.78, 5) is 38.5. The van der Waals surface area contributed by atoms with Crippen molar-refractivity contribution in [1.82, 2.24) is 0 Å². The number of hydrogen-bond acceptors (Lipinski definition) is 5. The van der Waals surface area contributed by atoms with Gasteiger partial charge in [0.25, 0.3) is 0 Å². The maximum atomic E-state index is 12.3. The minimum absolute atomic E-state index is 0.228. The fraction of sp³-hybridized carbons (Fsp3) is 0.318. The van der Waals surface area contributed by atoms with Crippen molar-refractivity contribution in [2.75, 3.05) is 35.7 Å². The second-order valence-electron chi connectivity index (χ2n) is 6.48. The van der Waals surface area contributed by atoms with Gasteiger partial charge in [-0.1, -0.05) is 12.1 Å². The van der Waals surface area contributed by atoms with Crippen molar-refractivity contribution in [2.24, 2.45) is 0 Å². The van der Waals surface area contributed by atoms with E-state index in [1.807, 2.05) is 25.1 Å². The van der Waals surface area contributed by atoms with E-state index in [0.717, 1.165) is 24.3 Å². The maximum Gasteiger partial charge on any atom is 0.339 e. The fourth-order valence-electron chi connectivity index (χ4n) is 2.99. The van der Waals surface area contributed by atoms with Crippen molar-refractivity contribution in [2.45, 2.75) is 27.2 Å². The van der Waals surface area contributed by atoms with E-state index in [2.05, 4.69) is 29.4 Å².